The predicted molar refractivity (Wildman–Crippen MR) is 91.1 cm³/mol. The Morgan fingerprint density at radius 2 is 2.04 bits per heavy atom. The van der Waals surface area contributed by atoms with Crippen LogP contribution in [0.25, 0.3) is 0 Å². The van der Waals surface area contributed by atoms with Crippen LogP contribution >= 0.6 is 0 Å². The minimum atomic E-state index is -3.26. The van der Waals surface area contributed by atoms with Gasteiger partial charge in [-0.15, -0.1) is 0 Å². The molecule has 2 amide bonds. The average Bonchev–Trinajstić information content (AvgIpc) is 2.59. The molecule has 1 fully saturated rings. The van der Waals surface area contributed by atoms with E-state index in [4.69, 9.17) is 0 Å². The van der Waals surface area contributed by atoms with E-state index in [9.17, 15) is 13.2 Å². The molecule has 0 unspecified atom stereocenters. The van der Waals surface area contributed by atoms with Crippen molar-refractivity contribution in [3.05, 3.63) is 30.3 Å². The van der Waals surface area contributed by atoms with Crippen molar-refractivity contribution >= 4 is 15.9 Å². The van der Waals surface area contributed by atoms with E-state index < -0.39 is 9.84 Å². The molecule has 1 atom stereocenters. The van der Waals surface area contributed by atoms with E-state index in [0.29, 0.717) is 23.8 Å². The molecule has 1 aliphatic heterocycles. The lowest BCUT2D eigenvalue weighted by molar-refractivity contribution is 0.164. The number of carbonyl (C=O) groups is 1. The second-order valence-corrected chi connectivity index (χ2v) is 8.19. The van der Waals surface area contributed by atoms with Crippen LogP contribution in [0.15, 0.2) is 35.2 Å². The van der Waals surface area contributed by atoms with Crippen molar-refractivity contribution in [2.24, 2.45) is 5.92 Å². The Kier molecular flexibility index (Phi) is 6.45. The van der Waals surface area contributed by atoms with Gasteiger partial charge in [-0.05, 0) is 37.3 Å². The van der Waals surface area contributed by atoms with Crippen LogP contribution in [0, 0.1) is 5.92 Å². The zero-order chi connectivity index (χ0) is 16.7. The molecule has 0 aromatic heterocycles. The van der Waals surface area contributed by atoms with Crippen molar-refractivity contribution in [2.45, 2.75) is 37.5 Å². The van der Waals surface area contributed by atoms with E-state index in [1.54, 1.807) is 30.3 Å². The highest BCUT2D eigenvalue weighted by molar-refractivity contribution is 7.91. The number of nitrogens with zero attached hydrogens (tertiary/aromatic N) is 1. The number of likely N-dealkylation sites (tertiary alicyclic amines) is 1. The molecule has 23 heavy (non-hydrogen) atoms. The normalized spacial score (nSPS) is 18.7. The van der Waals surface area contributed by atoms with E-state index in [1.807, 2.05) is 4.90 Å². The van der Waals surface area contributed by atoms with Gasteiger partial charge in [0.05, 0.1) is 10.6 Å². The van der Waals surface area contributed by atoms with Gasteiger partial charge in [0.1, 0.15) is 0 Å². The van der Waals surface area contributed by atoms with E-state index in [2.05, 4.69) is 12.2 Å². The Morgan fingerprint density at radius 3 is 2.74 bits per heavy atom. The fraction of sp³-hybridized carbons (Fsp3) is 0.588. The predicted octanol–water partition coefficient (Wildman–Crippen LogP) is 2.68. The lowest BCUT2D eigenvalue weighted by Gasteiger charge is -2.32. The van der Waals surface area contributed by atoms with Crippen LogP contribution in [0.4, 0.5) is 4.79 Å². The molecule has 0 saturated carbocycles. The largest absolute Gasteiger partial charge is 0.338 e. The standard InChI is InChI=1S/C17H26N2O3S/c1-2-15-8-6-12-19(14-15)17(20)18-11-7-13-23(21,22)16-9-4-3-5-10-16/h3-5,9-10,15H,2,6-8,11-14H2,1H3,(H,18,20)/t15-/m1/s1. The summed E-state index contributed by atoms with van der Waals surface area (Å²) in [5.74, 6) is 0.641. The Hall–Kier alpha value is -1.56. The van der Waals surface area contributed by atoms with Crippen LogP contribution in [-0.2, 0) is 9.84 Å². The molecule has 1 N–H and O–H groups in total. The number of piperidine rings is 1. The topological polar surface area (TPSA) is 66.5 Å². The van der Waals surface area contributed by atoms with E-state index >= 15 is 0 Å². The van der Waals surface area contributed by atoms with Gasteiger partial charge in [-0.25, -0.2) is 13.2 Å². The number of benzene rings is 1. The Labute approximate surface area is 139 Å². The first-order valence-electron chi connectivity index (χ1n) is 8.33. The number of hydrogen-bond donors (Lipinski definition) is 1. The summed E-state index contributed by atoms with van der Waals surface area (Å²) in [6, 6.07) is 8.37. The number of carbonyl (C=O) groups excluding carboxylic acids is 1. The number of rotatable bonds is 6. The molecule has 0 radical (unpaired) electrons. The summed E-state index contributed by atoms with van der Waals surface area (Å²) in [5.41, 5.74) is 0. The lowest BCUT2D eigenvalue weighted by atomic mass is 9.96. The molecule has 1 aromatic carbocycles. The zero-order valence-electron chi connectivity index (χ0n) is 13.7. The second-order valence-electron chi connectivity index (χ2n) is 6.08. The molecular weight excluding hydrogens is 312 g/mol. The van der Waals surface area contributed by atoms with Crippen LogP contribution in [-0.4, -0.2) is 44.7 Å². The quantitative estimate of drug-likeness (QED) is 0.811. The van der Waals surface area contributed by atoms with Crippen LogP contribution in [0.3, 0.4) is 0 Å². The molecule has 1 heterocycles. The number of urea groups is 1. The third-order valence-electron chi connectivity index (χ3n) is 4.35. The summed E-state index contributed by atoms with van der Waals surface area (Å²) < 4.78 is 24.3. The summed E-state index contributed by atoms with van der Waals surface area (Å²) in [6.07, 6.45) is 3.76. The third kappa shape index (κ3) is 5.23. The molecule has 6 heteroatoms. The second kappa shape index (κ2) is 8.34. The van der Waals surface area contributed by atoms with Gasteiger partial charge >= 0.3 is 6.03 Å². The lowest BCUT2D eigenvalue weighted by Crippen LogP contribution is -2.45. The molecular formula is C17H26N2O3S. The molecule has 1 aliphatic rings. The SMILES string of the molecule is CC[C@@H]1CCCN(C(=O)NCCCS(=O)(=O)c2ccccc2)C1. The first-order chi connectivity index (χ1) is 11.0. The van der Waals surface area contributed by atoms with E-state index in [0.717, 1.165) is 25.9 Å². The van der Waals surface area contributed by atoms with Crippen molar-refractivity contribution < 1.29 is 13.2 Å². The van der Waals surface area contributed by atoms with Crippen molar-refractivity contribution in [1.82, 2.24) is 10.2 Å². The number of hydrogen-bond acceptors (Lipinski definition) is 3. The molecule has 0 spiro atoms. The zero-order valence-corrected chi connectivity index (χ0v) is 14.5. The van der Waals surface area contributed by atoms with E-state index in [1.165, 1.54) is 6.42 Å². The van der Waals surface area contributed by atoms with Gasteiger partial charge in [0.2, 0.25) is 0 Å². The molecule has 0 bridgehead atoms. The first-order valence-corrected chi connectivity index (χ1v) is 9.98. The van der Waals surface area contributed by atoms with Gasteiger partial charge in [-0.1, -0.05) is 31.5 Å². The number of sulfone groups is 1. The third-order valence-corrected chi connectivity index (χ3v) is 6.17. The van der Waals surface area contributed by atoms with Gasteiger partial charge in [0.15, 0.2) is 9.84 Å². The van der Waals surface area contributed by atoms with Gasteiger partial charge in [0, 0.05) is 19.6 Å². The summed E-state index contributed by atoms with van der Waals surface area (Å²) in [5, 5.41) is 2.84. The molecule has 1 aromatic rings. The highest BCUT2D eigenvalue weighted by Crippen LogP contribution is 2.19. The van der Waals surface area contributed by atoms with Crippen LogP contribution in [0.2, 0.25) is 0 Å². The van der Waals surface area contributed by atoms with Gasteiger partial charge < -0.3 is 10.2 Å². The van der Waals surface area contributed by atoms with Crippen LogP contribution in [0.5, 0.6) is 0 Å². The molecule has 5 nitrogen and oxygen atoms in total. The first kappa shape index (κ1) is 17.8. The van der Waals surface area contributed by atoms with Crippen molar-refractivity contribution in [1.29, 1.82) is 0 Å². The minimum absolute atomic E-state index is 0.0505. The Bertz CT molecular complexity index is 602. The number of nitrogens with one attached hydrogen (secondary N) is 1. The molecule has 1 saturated heterocycles. The summed E-state index contributed by atoms with van der Waals surface area (Å²) in [7, 11) is -3.26. The summed E-state index contributed by atoms with van der Waals surface area (Å²) in [6.45, 7) is 4.15. The van der Waals surface area contributed by atoms with Crippen LogP contribution < -0.4 is 5.32 Å². The van der Waals surface area contributed by atoms with Crippen molar-refractivity contribution in [3.63, 3.8) is 0 Å². The summed E-state index contributed by atoms with van der Waals surface area (Å²) >= 11 is 0. The minimum Gasteiger partial charge on any atom is -0.338 e. The molecule has 2 rings (SSSR count). The number of amides is 2. The molecule has 128 valence electrons. The molecule has 0 aliphatic carbocycles. The van der Waals surface area contributed by atoms with Crippen LogP contribution in [0.1, 0.15) is 32.6 Å². The van der Waals surface area contributed by atoms with Gasteiger partial charge in [0.25, 0.3) is 0 Å². The van der Waals surface area contributed by atoms with Gasteiger partial charge in [-0.3, -0.25) is 0 Å². The maximum Gasteiger partial charge on any atom is 0.317 e. The maximum atomic E-state index is 12.1. The average molecular weight is 338 g/mol. The van der Waals surface area contributed by atoms with Gasteiger partial charge in [-0.2, -0.15) is 0 Å². The smallest absolute Gasteiger partial charge is 0.317 e. The van der Waals surface area contributed by atoms with Crippen molar-refractivity contribution in [3.8, 4) is 0 Å². The highest BCUT2D eigenvalue weighted by atomic mass is 32.2. The fourth-order valence-electron chi connectivity index (χ4n) is 2.90. The van der Waals surface area contributed by atoms with Crippen molar-refractivity contribution in [2.75, 3.05) is 25.4 Å². The highest BCUT2D eigenvalue weighted by Gasteiger charge is 2.22. The maximum absolute atomic E-state index is 12.1. The Morgan fingerprint density at radius 1 is 1.30 bits per heavy atom. The Balaban J connectivity index is 1.74. The van der Waals surface area contributed by atoms with E-state index in [-0.39, 0.29) is 11.8 Å². The fourth-order valence-corrected chi connectivity index (χ4v) is 4.23. The monoisotopic (exact) mass is 338 g/mol. The summed E-state index contributed by atoms with van der Waals surface area (Å²) in [4.78, 5) is 14.3.